The fraction of sp³-hybridized carbons (Fsp3) is 0.520. The topological polar surface area (TPSA) is 64.1 Å². The quantitative estimate of drug-likeness (QED) is 0.485. The highest BCUT2D eigenvalue weighted by Gasteiger charge is 2.13. The lowest BCUT2D eigenvalue weighted by Gasteiger charge is -2.23. The van der Waals surface area contributed by atoms with Gasteiger partial charge in [0.05, 0.1) is 0 Å². The maximum Gasteiger partial charge on any atom is 0.0165 e. The van der Waals surface area contributed by atoms with Crippen LogP contribution in [0.4, 0.5) is 0 Å². The van der Waals surface area contributed by atoms with E-state index in [4.69, 9.17) is 11.5 Å². The van der Waals surface area contributed by atoms with Gasteiger partial charge in [0.15, 0.2) is 0 Å². The molecule has 0 aliphatic heterocycles. The van der Waals surface area contributed by atoms with Gasteiger partial charge in [-0.05, 0) is 55.6 Å². The third-order valence-electron chi connectivity index (χ3n) is 5.64. The Morgan fingerprint density at radius 1 is 0.714 bits per heavy atom. The molecule has 2 aromatic carbocycles. The lowest BCUT2D eigenvalue weighted by atomic mass is 9.97. The molecule has 0 aliphatic carbocycles. The lowest BCUT2D eigenvalue weighted by Crippen LogP contribution is -2.41. The van der Waals surface area contributed by atoms with Crippen LogP contribution in [0.2, 0.25) is 0 Å². The summed E-state index contributed by atoms with van der Waals surface area (Å²) in [7, 11) is 0. The van der Waals surface area contributed by atoms with Gasteiger partial charge in [-0.1, -0.05) is 74.5 Å². The first-order chi connectivity index (χ1) is 13.5. The number of rotatable bonds is 13. The Morgan fingerprint density at radius 2 is 1.21 bits per heavy atom. The van der Waals surface area contributed by atoms with E-state index in [1.54, 1.807) is 0 Å². The summed E-state index contributed by atoms with van der Waals surface area (Å²) in [5.74, 6) is 0.518. The largest absolute Gasteiger partial charge is 0.327 e. The van der Waals surface area contributed by atoms with Crippen molar-refractivity contribution < 1.29 is 0 Å². The summed E-state index contributed by atoms with van der Waals surface area (Å²) < 4.78 is 0. The minimum atomic E-state index is 0.167. The average Bonchev–Trinajstić information content (AvgIpc) is 2.72. The van der Waals surface area contributed by atoms with Gasteiger partial charge < -0.3 is 16.8 Å². The van der Waals surface area contributed by atoms with Gasteiger partial charge in [0.25, 0.3) is 0 Å². The van der Waals surface area contributed by atoms with Crippen LogP contribution in [-0.4, -0.2) is 24.7 Å². The third kappa shape index (κ3) is 9.01. The molecule has 0 bridgehead atoms. The monoisotopic (exact) mass is 381 g/mol. The van der Waals surface area contributed by atoms with Crippen LogP contribution in [0.15, 0.2) is 60.7 Å². The molecule has 0 saturated heterocycles. The Morgan fingerprint density at radius 3 is 1.68 bits per heavy atom. The second-order valence-corrected chi connectivity index (χ2v) is 8.40. The van der Waals surface area contributed by atoms with Gasteiger partial charge in [-0.25, -0.2) is 0 Å². The second kappa shape index (κ2) is 12.7. The van der Waals surface area contributed by atoms with E-state index >= 15 is 0 Å². The third-order valence-corrected chi connectivity index (χ3v) is 5.64. The maximum absolute atomic E-state index is 6.37. The molecule has 0 saturated carbocycles. The highest BCUT2D eigenvalue weighted by molar-refractivity contribution is 5.16. The maximum atomic E-state index is 6.37. The lowest BCUT2D eigenvalue weighted by molar-refractivity contribution is 0.394. The van der Waals surface area contributed by atoms with Crippen molar-refractivity contribution in [1.82, 2.24) is 5.32 Å². The van der Waals surface area contributed by atoms with E-state index in [9.17, 15) is 0 Å². The molecule has 2 rings (SSSR count). The van der Waals surface area contributed by atoms with Gasteiger partial charge in [-0.15, -0.1) is 0 Å². The molecule has 3 nitrogen and oxygen atoms in total. The molecule has 28 heavy (non-hydrogen) atoms. The number of benzene rings is 2. The molecular formula is C25H39N3. The minimum Gasteiger partial charge on any atom is -0.327 e. The number of nitrogens with two attached hydrogens (primary N) is 2. The van der Waals surface area contributed by atoms with Crippen molar-refractivity contribution >= 4 is 0 Å². The van der Waals surface area contributed by atoms with Gasteiger partial charge in [0.1, 0.15) is 0 Å². The molecular weight excluding hydrogens is 342 g/mol. The second-order valence-electron chi connectivity index (χ2n) is 8.40. The summed E-state index contributed by atoms with van der Waals surface area (Å²) in [6.45, 7) is 5.22. The molecule has 5 N–H and O–H groups in total. The van der Waals surface area contributed by atoms with Crippen LogP contribution in [0, 0.1) is 5.92 Å². The smallest absolute Gasteiger partial charge is 0.0165 e. The predicted octanol–water partition coefficient (Wildman–Crippen LogP) is 4.30. The summed E-state index contributed by atoms with van der Waals surface area (Å²) in [6, 6.07) is 22.4. The summed E-state index contributed by atoms with van der Waals surface area (Å²) in [5, 5.41) is 3.75. The van der Waals surface area contributed by atoms with Crippen molar-refractivity contribution in [3.8, 4) is 0 Å². The van der Waals surface area contributed by atoms with E-state index in [-0.39, 0.29) is 12.1 Å². The Kier molecular flexibility index (Phi) is 10.3. The summed E-state index contributed by atoms with van der Waals surface area (Å²) in [5.41, 5.74) is 15.3. The Bertz CT molecular complexity index is 583. The molecule has 2 aromatic rings. The van der Waals surface area contributed by atoms with E-state index in [0.717, 1.165) is 45.1 Å². The van der Waals surface area contributed by atoms with Crippen LogP contribution < -0.4 is 16.8 Å². The highest BCUT2D eigenvalue weighted by Crippen LogP contribution is 2.12. The number of hydrogen-bond acceptors (Lipinski definition) is 3. The Balaban J connectivity index is 1.82. The zero-order valence-corrected chi connectivity index (χ0v) is 17.7. The van der Waals surface area contributed by atoms with Gasteiger partial charge in [0.2, 0.25) is 0 Å². The van der Waals surface area contributed by atoms with Crippen LogP contribution in [0.1, 0.15) is 50.7 Å². The van der Waals surface area contributed by atoms with Crippen LogP contribution in [0.5, 0.6) is 0 Å². The van der Waals surface area contributed by atoms with Gasteiger partial charge in [-0.2, -0.15) is 0 Å². The number of nitrogens with one attached hydrogen (secondary N) is 1. The van der Waals surface area contributed by atoms with Crippen molar-refractivity contribution in [3.63, 3.8) is 0 Å². The molecule has 1 unspecified atom stereocenters. The van der Waals surface area contributed by atoms with Crippen LogP contribution in [0.25, 0.3) is 0 Å². The van der Waals surface area contributed by atoms with Crippen molar-refractivity contribution in [2.24, 2.45) is 17.4 Å². The van der Waals surface area contributed by atoms with E-state index in [2.05, 4.69) is 79.8 Å². The molecule has 154 valence electrons. The van der Waals surface area contributed by atoms with E-state index in [1.165, 1.54) is 11.1 Å². The normalized spacial score (nSPS) is 13.8. The predicted molar refractivity (Wildman–Crippen MR) is 121 cm³/mol. The molecule has 0 spiro atoms. The standard InChI is InChI=1S/C25H39N3/c1-20(2)25(27)18-15-23(26)19-28-24(16-13-21-9-5-3-6-10-21)17-14-22-11-7-4-8-12-22/h3-12,20,23-25,28H,13-19,26-27H2,1-2H3/t23-,25?/m0/s1. The van der Waals surface area contributed by atoms with E-state index in [1.807, 2.05) is 0 Å². The van der Waals surface area contributed by atoms with Crippen LogP contribution in [0.3, 0.4) is 0 Å². The van der Waals surface area contributed by atoms with Crippen molar-refractivity contribution in [2.45, 2.75) is 70.5 Å². The summed E-state index contributed by atoms with van der Waals surface area (Å²) >= 11 is 0. The molecule has 0 aromatic heterocycles. The zero-order valence-electron chi connectivity index (χ0n) is 17.7. The average molecular weight is 382 g/mol. The Labute approximate surface area is 171 Å². The first-order valence-electron chi connectivity index (χ1n) is 10.9. The molecule has 0 heterocycles. The minimum absolute atomic E-state index is 0.167. The van der Waals surface area contributed by atoms with Gasteiger partial charge in [-0.3, -0.25) is 0 Å². The van der Waals surface area contributed by atoms with E-state index < -0.39 is 0 Å². The molecule has 0 aliphatic rings. The Hall–Kier alpha value is -1.68. The molecule has 0 fully saturated rings. The molecule has 3 heteroatoms. The van der Waals surface area contributed by atoms with Crippen LogP contribution in [-0.2, 0) is 12.8 Å². The van der Waals surface area contributed by atoms with Crippen molar-refractivity contribution in [1.29, 1.82) is 0 Å². The van der Waals surface area contributed by atoms with Crippen molar-refractivity contribution in [2.75, 3.05) is 6.54 Å². The highest BCUT2D eigenvalue weighted by atomic mass is 14.9. The fourth-order valence-electron chi connectivity index (χ4n) is 3.48. The molecule has 0 radical (unpaired) electrons. The summed E-state index contributed by atoms with van der Waals surface area (Å²) in [4.78, 5) is 0. The summed E-state index contributed by atoms with van der Waals surface area (Å²) in [6.07, 6.45) is 6.45. The van der Waals surface area contributed by atoms with Crippen molar-refractivity contribution in [3.05, 3.63) is 71.8 Å². The first-order valence-corrected chi connectivity index (χ1v) is 10.9. The molecule has 0 amide bonds. The number of aryl methyl sites for hydroxylation is 2. The first kappa shape index (κ1) is 22.6. The van der Waals surface area contributed by atoms with Gasteiger partial charge in [0, 0.05) is 24.7 Å². The fourth-order valence-corrected chi connectivity index (χ4v) is 3.48. The van der Waals surface area contributed by atoms with Crippen LogP contribution >= 0.6 is 0 Å². The SMILES string of the molecule is CC(C)C(N)CC[C@H](N)CNC(CCc1ccccc1)CCc1ccccc1. The van der Waals surface area contributed by atoms with Gasteiger partial charge >= 0.3 is 0 Å². The molecule has 2 atom stereocenters. The number of hydrogen-bond donors (Lipinski definition) is 3. The zero-order chi connectivity index (χ0) is 20.2. The van der Waals surface area contributed by atoms with E-state index in [0.29, 0.717) is 12.0 Å².